The molecule has 0 saturated heterocycles. The molecule has 0 aliphatic heterocycles. The largest absolute Gasteiger partial charge is 0.460 e. The van der Waals surface area contributed by atoms with E-state index in [0.29, 0.717) is 0 Å². The molecule has 0 amide bonds. The SMILES string of the molecule is FC(F)(CCI)CC(F)(F)CC(F)(F)C(F)(F)C(F)(F)C(F)(F)C(F)(F)C(F)(F)F. The van der Waals surface area contributed by atoms with Gasteiger partial charge in [-0.1, -0.05) is 22.6 Å². The van der Waals surface area contributed by atoms with Gasteiger partial charge in [0.05, 0.1) is 12.8 Å². The van der Waals surface area contributed by atoms with Gasteiger partial charge in [0, 0.05) is 10.8 Å². The lowest BCUT2D eigenvalue weighted by Crippen LogP contribution is -2.70. The van der Waals surface area contributed by atoms with E-state index < -0.39 is 71.3 Å². The second-order valence-corrected chi connectivity index (χ2v) is 7.08. The van der Waals surface area contributed by atoms with Crippen LogP contribution < -0.4 is 0 Å². The van der Waals surface area contributed by atoms with Gasteiger partial charge in [0.1, 0.15) is 0 Å². The summed E-state index contributed by atoms with van der Waals surface area (Å²) in [5.74, 6) is -49.7. The second-order valence-electron chi connectivity index (χ2n) is 6.00. The van der Waals surface area contributed by atoms with Crippen LogP contribution in [0.25, 0.3) is 0 Å². The smallest absolute Gasteiger partial charge is 0.207 e. The Labute approximate surface area is 169 Å². The Kier molecular flexibility index (Phi) is 8.02. The average molecular weight is 602 g/mol. The third-order valence-corrected chi connectivity index (χ3v) is 4.00. The molecule has 0 spiro atoms. The first-order chi connectivity index (χ1) is 12.7. The number of hydrogen-bond donors (Lipinski definition) is 0. The standard InChI is InChI=1S/C12H8F17I/c13-5(14,1-2-30)3-6(15,16)4-7(17,18)8(19,20)9(21,22)10(23,24)11(25,26)12(27,28)29/h1-4H2. The molecule has 30 heavy (non-hydrogen) atoms. The van der Waals surface area contributed by atoms with Crippen LogP contribution in [0.4, 0.5) is 74.6 Å². The van der Waals surface area contributed by atoms with Crippen molar-refractivity contribution < 1.29 is 74.6 Å². The highest BCUT2D eigenvalue weighted by Crippen LogP contribution is 2.61. The maximum atomic E-state index is 13.4. The summed E-state index contributed by atoms with van der Waals surface area (Å²) in [6, 6.07) is 0. The minimum absolute atomic E-state index is 0.579. The molecule has 0 rings (SSSR count). The Bertz CT molecular complexity index is 590. The molecule has 0 unspecified atom stereocenters. The first-order valence-electron chi connectivity index (χ1n) is 7.00. The van der Waals surface area contributed by atoms with E-state index >= 15 is 0 Å². The molecule has 0 radical (unpaired) electrons. The lowest BCUT2D eigenvalue weighted by molar-refractivity contribution is -0.442. The highest BCUT2D eigenvalue weighted by atomic mass is 127. The van der Waals surface area contributed by atoms with Crippen molar-refractivity contribution in [1.82, 2.24) is 0 Å². The number of halogens is 18. The maximum Gasteiger partial charge on any atom is 0.460 e. The van der Waals surface area contributed by atoms with Crippen molar-refractivity contribution in [2.75, 3.05) is 4.43 Å². The van der Waals surface area contributed by atoms with Crippen LogP contribution in [0.1, 0.15) is 19.3 Å². The molecule has 18 heteroatoms. The van der Waals surface area contributed by atoms with Gasteiger partial charge in [-0.15, -0.1) is 0 Å². The molecule has 0 N–H and O–H groups in total. The molecule has 0 aliphatic carbocycles. The third-order valence-electron chi connectivity index (χ3n) is 3.46. The summed E-state index contributed by atoms with van der Waals surface area (Å²) < 4.78 is 219. The van der Waals surface area contributed by atoms with Crippen LogP contribution in [-0.2, 0) is 0 Å². The van der Waals surface area contributed by atoms with Crippen molar-refractivity contribution in [3.8, 4) is 0 Å². The predicted molar refractivity (Wildman–Crippen MR) is 73.4 cm³/mol. The van der Waals surface area contributed by atoms with Gasteiger partial charge in [-0.2, -0.15) is 57.1 Å². The fourth-order valence-electron chi connectivity index (χ4n) is 1.91. The van der Waals surface area contributed by atoms with Crippen molar-refractivity contribution in [2.45, 2.75) is 66.9 Å². The minimum Gasteiger partial charge on any atom is -0.207 e. The van der Waals surface area contributed by atoms with Crippen LogP contribution in [0.3, 0.4) is 0 Å². The van der Waals surface area contributed by atoms with E-state index in [2.05, 4.69) is 0 Å². The van der Waals surface area contributed by atoms with Crippen LogP contribution >= 0.6 is 22.6 Å². The summed E-state index contributed by atoms with van der Waals surface area (Å²) in [4.78, 5) is 0. The molecule has 0 aliphatic rings. The highest BCUT2D eigenvalue weighted by molar-refractivity contribution is 14.1. The number of hydrogen-bond acceptors (Lipinski definition) is 0. The molecule has 0 saturated carbocycles. The Morgan fingerprint density at radius 3 is 1.13 bits per heavy atom. The van der Waals surface area contributed by atoms with E-state index in [4.69, 9.17) is 0 Å². The lowest BCUT2D eigenvalue weighted by Gasteiger charge is -2.40. The summed E-state index contributed by atoms with van der Waals surface area (Å²) in [6.07, 6.45) is -16.0. The van der Waals surface area contributed by atoms with E-state index in [1.807, 2.05) is 0 Å². The van der Waals surface area contributed by atoms with Crippen molar-refractivity contribution in [3.05, 3.63) is 0 Å². The van der Waals surface area contributed by atoms with Crippen molar-refractivity contribution in [3.63, 3.8) is 0 Å². The van der Waals surface area contributed by atoms with Gasteiger partial charge in [0.15, 0.2) is 0 Å². The van der Waals surface area contributed by atoms with E-state index in [1.54, 1.807) is 0 Å². The van der Waals surface area contributed by atoms with Crippen LogP contribution in [0, 0.1) is 0 Å². The number of alkyl halides is 18. The van der Waals surface area contributed by atoms with Gasteiger partial charge in [-0.05, 0) is 0 Å². The summed E-state index contributed by atoms with van der Waals surface area (Å²) in [7, 11) is 0. The molecule has 0 nitrogen and oxygen atoms in total. The zero-order valence-corrected chi connectivity index (χ0v) is 15.8. The fraction of sp³-hybridized carbons (Fsp3) is 1.00. The molecule has 0 atom stereocenters. The molecule has 0 aromatic carbocycles. The Hall–Kier alpha value is -0.460. The average Bonchev–Trinajstić information content (AvgIpc) is 2.42. The summed E-state index contributed by atoms with van der Waals surface area (Å²) in [5, 5.41) is 0. The fourth-order valence-corrected chi connectivity index (χ4v) is 2.69. The molecular weight excluding hydrogens is 594 g/mol. The van der Waals surface area contributed by atoms with Crippen molar-refractivity contribution in [2.24, 2.45) is 0 Å². The Morgan fingerprint density at radius 1 is 0.433 bits per heavy atom. The maximum absolute atomic E-state index is 13.4. The normalized spacial score (nSPS) is 16.2. The molecular formula is C12H8F17I. The first-order valence-corrected chi connectivity index (χ1v) is 8.52. The van der Waals surface area contributed by atoms with Gasteiger partial charge < -0.3 is 0 Å². The molecule has 182 valence electrons. The minimum atomic E-state index is -8.25. The monoisotopic (exact) mass is 602 g/mol. The van der Waals surface area contributed by atoms with E-state index in [0.717, 1.165) is 0 Å². The van der Waals surface area contributed by atoms with E-state index in [-0.39, 0.29) is 0 Å². The molecule has 0 fully saturated rings. The highest BCUT2D eigenvalue weighted by Gasteiger charge is 2.91. The van der Waals surface area contributed by atoms with Gasteiger partial charge in [0.25, 0.3) is 11.8 Å². The zero-order valence-electron chi connectivity index (χ0n) is 13.6. The lowest BCUT2D eigenvalue weighted by atomic mass is 9.90. The Balaban J connectivity index is 6.14. The quantitative estimate of drug-likeness (QED) is 0.137. The van der Waals surface area contributed by atoms with Crippen molar-refractivity contribution >= 4 is 22.6 Å². The topological polar surface area (TPSA) is 0 Å². The number of rotatable bonds is 10. The van der Waals surface area contributed by atoms with Gasteiger partial charge in [-0.3, -0.25) is 0 Å². The summed E-state index contributed by atoms with van der Waals surface area (Å²) in [6.45, 7) is 0. The van der Waals surface area contributed by atoms with Crippen molar-refractivity contribution in [1.29, 1.82) is 0 Å². The van der Waals surface area contributed by atoms with Crippen LogP contribution in [0.15, 0.2) is 0 Å². The van der Waals surface area contributed by atoms with Gasteiger partial charge >= 0.3 is 35.8 Å². The van der Waals surface area contributed by atoms with Gasteiger partial charge in [0.2, 0.25) is 0 Å². The van der Waals surface area contributed by atoms with Crippen LogP contribution in [-0.4, -0.2) is 52.1 Å². The third kappa shape index (κ3) is 5.29. The molecule has 0 aromatic rings. The summed E-state index contributed by atoms with van der Waals surface area (Å²) in [5.41, 5.74) is 0. The second kappa shape index (κ2) is 8.15. The summed E-state index contributed by atoms with van der Waals surface area (Å²) >= 11 is 1.20. The predicted octanol–water partition coefficient (Wildman–Crippen LogP) is 7.60. The van der Waals surface area contributed by atoms with E-state index in [1.165, 1.54) is 22.6 Å². The van der Waals surface area contributed by atoms with E-state index in [9.17, 15) is 74.6 Å². The zero-order chi connectivity index (χ0) is 24.8. The Morgan fingerprint density at radius 2 is 0.800 bits per heavy atom. The molecule has 0 aromatic heterocycles. The van der Waals surface area contributed by atoms with Crippen LogP contribution in [0.2, 0.25) is 0 Å². The first kappa shape index (κ1) is 29.5. The molecule has 0 heterocycles. The molecule has 0 bridgehead atoms. The van der Waals surface area contributed by atoms with Gasteiger partial charge in [-0.25, -0.2) is 17.6 Å². The van der Waals surface area contributed by atoms with Crippen LogP contribution in [0.5, 0.6) is 0 Å².